The second kappa shape index (κ2) is 4.98. The van der Waals surface area contributed by atoms with Gasteiger partial charge in [-0.2, -0.15) is 0 Å². The number of aryl methyl sites for hydroxylation is 1. The third-order valence-corrected chi connectivity index (χ3v) is 2.99. The second-order valence-electron chi connectivity index (χ2n) is 2.26. The van der Waals surface area contributed by atoms with Gasteiger partial charge in [0.1, 0.15) is 0 Å². The fourth-order valence-corrected chi connectivity index (χ4v) is 1.79. The number of halogens is 2. The smallest absolute Gasteiger partial charge is 0.0781 e. The highest BCUT2D eigenvalue weighted by atomic mass is 35.9. The van der Waals surface area contributed by atoms with Crippen molar-refractivity contribution >= 4 is 29.1 Å². The molecule has 0 spiro atoms. The van der Waals surface area contributed by atoms with Crippen molar-refractivity contribution in [1.29, 1.82) is 0 Å². The monoisotopic (exact) mass is 206 g/mol. The predicted molar refractivity (Wildman–Crippen MR) is 53.6 cm³/mol. The van der Waals surface area contributed by atoms with Gasteiger partial charge in [0.05, 0.1) is 6.63 Å². The van der Waals surface area contributed by atoms with Crippen molar-refractivity contribution in [2.24, 2.45) is 0 Å². The molecule has 0 aliphatic rings. The summed E-state index contributed by atoms with van der Waals surface area (Å²) in [4.78, 5) is 0. The molecule has 3 heteroatoms. The lowest BCUT2D eigenvalue weighted by atomic mass is 10.2. The van der Waals surface area contributed by atoms with E-state index in [1.165, 1.54) is 5.56 Å². The Morgan fingerprint density at radius 1 is 1.09 bits per heavy atom. The van der Waals surface area contributed by atoms with E-state index in [1.54, 1.807) is 0 Å². The average Bonchev–Trinajstić information content (AvgIpc) is 2.03. The van der Waals surface area contributed by atoms with Crippen LogP contribution >= 0.6 is 29.1 Å². The molecule has 0 aliphatic heterocycles. The number of hydrogen-bond donors (Lipinski definition) is 0. The van der Waals surface area contributed by atoms with Crippen molar-refractivity contribution < 1.29 is 0 Å². The molecule has 11 heavy (non-hydrogen) atoms. The summed E-state index contributed by atoms with van der Waals surface area (Å²) < 4.78 is 0. The van der Waals surface area contributed by atoms with E-state index in [0.29, 0.717) is 0 Å². The van der Waals surface area contributed by atoms with Crippen LogP contribution in [0.15, 0.2) is 30.3 Å². The first-order chi connectivity index (χ1) is 5.29. The minimum atomic E-state index is -0.780. The van der Waals surface area contributed by atoms with E-state index in [-0.39, 0.29) is 0 Å². The minimum Gasteiger partial charge on any atom is -0.0781 e. The van der Waals surface area contributed by atoms with Crippen LogP contribution in [0.2, 0.25) is 0 Å². The summed E-state index contributed by atoms with van der Waals surface area (Å²) in [6.07, 6.45) is 1.88. The van der Waals surface area contributed by atoms with Crippen molar-refractivity contribution in [3.63, 3.8) is 0 Å². The summed E-state index contributed by atoms with van der Waals surface area (Å²) in [6, 6.07) is 10.2. The fourth-order valence-electron chi connectivity index (χ4n) is 0.858. The molecule has 0 unspecified atom stereocenters. The summed E-state index contributed by atoms with van der Waals surface area (Å²) >= 11 is 11.3. The van der Waals surface area contributed by atoms with Crippen LogP contribution in [-0.2, 0) is 6.42 Å². The highest BCUT2D eigenvalue weighted by Crippen LogP contribution is 2.46. The normalized spacial score (nSPS) is 10.5. The molecule has 60 valence electrons. The Morgan fingerprint density at radius 3 is 2.27 bits per heavy atom. The lowest BCUT2D eigenvalue weighted by Crippen LogP contribution is -1.85. The van der Waals surface area contributed by atoms with Gasteiger partial charge in [-0.25, -0.2) is 0 Å². The first-order valence-electron chi connectivity index (χ1n) is 3.42. The summed E-state index contributed by atoms with van der Waals surface area (Å²) in [5, 5.41) is 0. The highest BCUT2D eigenvalue weighted by molar-refractivity contribution is 8.03. The molecule has 0 radical (unpaired) electrons. The lowest BCUT2D eigenvalue weighted by molar-refractivity contribution is 1.16. The van der Waals surface area contributed by atoms with E-state index in [4.69, 9.17) is 22.5 Å². The second-order valence-corrected chi connectivity index (χ2v) is 6.28. The van der Waals surface area contributed by atoms with E-state index in [2.05, 4.69) is 12.1 Å². The van der Waals surface area contributed by atoms with Crippen molar-refractivity contribution in [2.75, 3.05) is 6.16 Å². The largest absolute Gasteiger partial charge is 0.0858 e. The van der Waals surface area contributed by atoms with Crippen LogP contribution in [0.4, 0.5) is 0 Å². The van der Waals surface area contributed by atoms with Gasteiger partial charge in [-0.05, 0) is 18.1 Å². The molecule has 1 rings (SSSR count). The molecule has 0 amide bonds. The molecular weight excluding hydrogens is 198 g/mol. The Morgan fingerprint density at radius 2 is 1.73 bits per heavy atom. The molecule has 0 nitrogen and oxygen atoms in total. The molecule has 0 aromatic heterocycles. The first kappa shape index (κ1) is 9.32. The molecule has 0 atom stereocenters. The van der Waals surface area contributed by atoms with Gasteiger partial charge in [-0.15, -0.1) is 0 Å². The lowest BCUT2D eigenvalue weighted by Gasteiger charge is -1.99. The van der Waals surface area contributed by atoms with E-state index in [9.17, 15) is 0 Å². The van der Waals surface area contributed by atoms with Crippen molar-refractivity contribution in [2.45, 2.75) is 6.42 Å². The Bertz CT molecular complexity index is 199. The van der Waals surface area contributed by atoms with Crippen molar-refractivity contribution in [3.05, 3.63) is 35.9 Å². The van der Waals surface area contributed by atoms with Gasteiger partial charge in [-0.3, -0.25) is 0 Å². The Kier molecular flexibility index (Phi) is 4.22. The van der Waals surface area contributed by atoms with E-state index in [1.807, 2.05) is 18.2 Å². The zero-order valence-electron chi connectivity index (χ0n) is 6.00. The predicted octanol–water partition coefficient (Wildman–Crippen LogP) is 4.02. The van der Waals surface area contributed by atoms with Gasteiger partial charge >= 0.3 is 0 Å². The maximum Gasteiger partial charge on any atom is 0.0858 e. The highest BCUT2D eigenvalue weighted by Gasteiger charge is 1.98. The summed E-state index contributed by atoms with van der Waals surface area (Å²) in [6.45, 7) is -0.780. The molecule has 1 aromatic carbocycles. The number of rotatable bonds is 3. The molecule has 0 saturated carbocycles. The van der Waals surface area contributed by atoms with Gasteiger partial charge in [0, 0.05) is 0 Å². The third kappa shape index (κ3) is 3.96. The van der Waals surface area contributed by atoms with Crippen LogP contribution in [0.5, 0.6) is 0 Å². The van der Waals surface area contributed by atoms with Gasteiger partial charge in [-0.1, -0.05) is 52.8 Å². The minimum absolute atomic E-state index is 0.780. The first-order valence-corrected chi connectivity index (χ1v) is 6.76. The molecular formula is C8H9Cl2P. The summed E-state index contributed by atoms with van der Waals surface area (Å²) in [5.41, 5.74) is 1.31. The zero-order chi connectivity index (χ0) is 8.10. The Labute approximate surface area is 77.9 Å². The van der Waals surface area contributed by atoms with E-state index in [0.717, 1.165) is 12.6 Å². The average molecular weight is 207 g/mol. The third-order valence-electron chi connectivity index (χ3n) is 1.41. The van der Waals surface area contributed by atoms with Crippen LogP contribution in [-0.4, -0.2) is 6.16 Å². The Hall–Kier alpha value is 0.230. The Balaban J connectivity index is 2.39. The molecule has 0 aliphatic carbocycles. The van der Waals surface area contributed by atoms with Crippen molar-refractivity contribution in [1.82, 2.24) is 0 Å². The standard InChI is InChI=1S/C8H9Cl2P/c9-11(10)7-6-8-4-2-1-3-5-8/h1-5H,6-7H2. The van der Waals surface area contributed by atoms with Crippen LogP contribution in [0.3, 0.4) is 0 Å². The topological polar surface area (TPSA) is 0 Å². The van der Waals surface area contributed by atoms with Gasteiger partial charge in [0.2, 0.25) is 0 Å². The number of hydrogen-bond acceptors (Lipinski definition) is 0. The molecule has 0 heterocycles. The molecule has 0 saturated heterocycles. The SMILES string of the molecule is ClP(Cl)CCc1ccccc1. The van der Waals surface area contributed by atoms with Gasteiger partial charge in [0.25, 0.3) is 0 Å². The van der Waals surface area contributed by atoms with Gasteiger partial charge in [0.15, 0.2) is 0 Å². The van der Waals surface area contributed by atoms with Gasteiger partial charge < -0.3 is 0 Å². The quantitative estimate of drug-likeness (QED) is 0.656. The molecule has 0 bridgehead atoms. The van der Waals surface area contributed by atoms with Crippen LogP contribution < -0.4 is 0 Å². The van der Waals surface area contributed by atoms with Crippen LogP contribution in [0, 0.1) is 0 Å². The molecule has 0 fully saturated rings. The maximum atomic E-state index is 5.66. The summed E-state index contributed by atoms with van der Waals surface area (Å²) in [7, 11) is 0. The fraction of sp³-hybridized carbons (Fsp3) is 0.250. The zero-order valence-corrected chi connectivity index (χ0v) is 8.41. The molecule has 1 aromatic rings. The summed E-state index contributed by atoms with van der Waals surface area (Å²) in [5.74, 6) is 0. The number of benzene rings is 1. The van der Waals surface area contributed by atoms with Crippen molar-refractivity contribution in [3.8, 4) is 0 Å². The maximum absolute atomic E-state index is 5.66. The van der Waals surface area contributed by atoms with E-state index >= 15 is 0 Å². The van der Waals surface area contributed by atoms with Crippen LogP contribution in [0.25, 0.3) is 0 Å². The molecule has 0 N–H and O–H groups in total. The van der Waals surface area contributed by atoms with Crippen LogP contribution in [0.1, 0.15) is 5.56 Å². The van der Waals surface area contributed by atoms with E-state index < -0.39 is 6.63 Å².